The Balaban J connectivity index is 1.47. The molecule has 2 N–H and O–H groups in total. The fourth-order valence-corrected chi connectivity index (χ4v) is 4.37. The highest BCUT2D eigenvalue weighted by atomic mass is 19.4. The Morgan fingerprint density at radius 2 is 1.49 bits per heavy atom. The summed E-state index contributed by atoms with van der Waals surface area (Å²) in [6.45, 7) is 1.97. The molecule has 0 saturated carbocycles. The molecule has 0 fully saturated rings. The van der Waals surface area contributed by atoms with Crippen molar-refractivity contribution in [2.45, 2.75) is 32.1 Å². The van der Waals surface area contributed by atoms with Crippen LogP contribution in [0.1, 0.15) is 32.6 Å². The average Bonchev–Trinajstić information content (AvgIpc) is 2.93. The number of rotatable bonds is 10. The molecule has 4 aromatic rings. The van der Waals surface area contributed by atoms with Crippen LogP contribution < -0.4 is 10.6 Å². The van der Waals surface area contributed by atoms with Crippen molar-refractivity contribution in [3.63, 3.8) is 0 Å². The van der Waals surface area contributed by atoms with E-state index in [2.05, 4.69) is 10.6 Å². The fourth-order valence-electron chi connectivity index (χ4n) is 4.37. The maximum Gasteiger partial charge on any atom is 0.416 e. The van der Waals surface area contributed by atoms with Gasteiger partial charge < -0.3 is 10.6 Å². The summed E-state index contributed by atoms with van der Waals surface area (Å²) >= 11 is 0. The molecule has 0 unspecified atom stereocenters. The lowest BCUT2D eigenvalue weighted by molar-refractivity contribution is -0.137. The predicted molar refractivity (Wildman–Crippen MR) is 146 cm³/mol. The summed E-state index contributed by atoms with van der Waals surface area (Å²) in [5.74, 6) is -0.646. The van der Waals surface area contributed by atoms with Gasteiger partial charge in [0.15, 0.2) is 5.78 Å². The Morgan fingerprint density at radius 1 is 0.795 bits per heavy atom. The van der Waals surface area contributed by atoms with Crippen molar-refractivity contribution in [2.24, 2.45) is 0 Å². The monoisotopic (exact) mass is 530 g/mol. The van der Waals surface area contributed by atoms with E-state index in [-0.39, 0.29) is 31.2 Å². The van der Waals surface area contributed by atoms with Gasteiger partial charge in [-0.05, 0) is 59.4 Å². The topological polar surface area (TPSA) is 58.2 Å². The average molecular weight is 531 g/mol. The molecular weight excluding hydrogens is 501 g/mol. The molecule has 4 rings (SSSR count). The smallest absolute Gasteiger partial charge is 0.342 e. The molecule has 0 heterocycles. The van der Waals surface area contributed by atoms with Crippen LogP contribution in [0.15, 0.2) is 103 Å². The highest BCUT2D eigenvalue weighted by Gasteiger charge is 2.30. The Morgan fingerprint density at radius 3 is 2.23 bits per heavy atom. The van der Waals surface area contributed by atoms with E-state index in [1.54, 1.807) is 24.3 Å². The third kappa shape index (κ3) is 7.65. The summed E-state index contributed by atoms with van der Waals surface area (Å²) in [6, 6.07) is 28.6. The molecule has 39 heavy (non-hydrogen) atoms. The molecule has 1 amide bonds. The molecule has 200 valence electrons. The highest BCUT2D eigenvalue weighted by Crippen LogP contribution is 2.29. The van der Waals surface area contributed by atoms with Gasteiger partial charge in [0.1, 0.15) is 0 Å². The molecule has 0 radical (unpaired) electrons. The van der Waals surface area contributed by atoms with Gasteiger partial charge in [-0.15, -0.1) is 0 Å². The normalized spacial score (nSPS) is 12.1. The molecular formula is C32H29F3N2O2. The highest BCUT2D eigenvalue weighted by molar-refractivity contribution is 5.99. The van der Waals surface area contributed by atoms with Crippen molar-refractivity contribution >= 4 is 11.7 Å². The van der Waals surface area contributed by atoms with Crippen LogP contribution in [0.3, 0.4) is 0 Å². The van der Waals surface area contributed by atoms with Gasteiger partial charge in [-0.1, -0.05) is 84.9 Å². The summed E-state index contributed by atoms with van der Waals surface area (Å²) in [5, 5.41) is 5.80. The number of nitrogens with one attached hydrogen (secondary N) is 2. The first-order valence-electron chi connectivity index (χ1n) is 12.6. The van der Waals surface area contributed by atoms with E-state index in [0.29, 0.717) is 11.1 Å². The predicted octanol–water partition coefficient (Wildman–Crippen LogP) is 6.38. The van der Waals surface area contributed by atoms with Gasteiger partial charge in [0.05, 0.1) is 18.2 Å². The van der Waals surface area contributed by atoms with Crippen LogP contribution in [-0.2, 0) is 23.9 Å². The first kappa shape index (κ1) is 27.8. The van der Waals surface area contributed by atoms with Crippen LogP contribution in [-0.4, -0.2) is 24.3 Å². The van der Waals surface area contributed by atoms with Gasteiger partial charge >= 0.3 is 6.18 Å². The van der Waals surface area contributed by atoms with Gasteiger partial charge in [0, 0.05) is 12.1 Å². The lowest BCUT2D eigenvalue weighted by Gasteiger charge is -2.19. The number of aryl methyl sites for hydroxylation is 1. The first-order valence-corrected chi connectivity index (χ1v) is 12.6. The third-order valence-electron chi connectivity index (χ3n) is 6.44. The molecule has 0 aliphatic rings. The number of ketones is 1. The zero-order valence-electron chi connectivity index (χ0n) is 21.5. The molecule has 0 aromatic heterocycles. The molecule has 0 saturated heterocycles. The number of benzene rings is 4. The third-order valence-corrected chi connectivity index (χ3v) is 6.44. The Labute approximate surface area is 225 Å². The van der Waals surface area contributed by atoms with Gasteiger partial charge in [-0.2, -0.15) is 13.2 Å². The molecule has 4 aromatic carbocycles. The summed E-state index contributed by atoms with van der Waals surface area (Å²) in [4.78, 5) is 26.5. The summed E-state index contributed by atoms with van der Waals surface area (Å²) in [5.41, 5.74) is 3.97. The molecule has 1 atom stereocenters. The SMILES string of the molecule is Cc1ccccc1-c1cccc(C(=O)N[C@@H](Cc2ccccc2)C(=O)CNCc2cccc(C(F)(F)F)c2)c1. The quantitative estimate of drug-likeness (QED) is 0.250. The summed E-state index contributed by atoms with van der Waals surface area (Å²) < 4.78 is 39.1. The molecule has 0 aliphatic heterocycles. The van der Waals surface area contributed by atoms with E-state index in [9.17, 15) is 22.8 Å². The molecule has 0 bridgehead atoms. The van der Waals surface area contributed by atoms with E-state index in [0.717, 1.165) is 34.4 Å². The molecule has 0 aliphatic carbocycles. The van der Waals surface area contributed by atoms with Crippen molar-refractivity contribution in [3.05, 3.63) is 131 Å². The summed E-state index contributed by atoms with van der Waals surface area (Å²) in [7, 11) is 0. The second-order valence-electron chi connectivity index (χ2n) is 9.38. The maximum atomic E-state index is 13.3. The number of carbonyl (C=O) groups is 2. The lowest BCUT2D eigenvalue weighted by atomic mass is 9.98. The fraction of sp³-hybridized carbons (Fsp3) is 0.188. The van der Waals surface area contributed by atoms with Crippen molar-refractivity contribution < 1.29 is 22.8 Å². The van der Waals surface area contributed by atoms with Crippen molar-refractivity contribution in [2.75, 3.05) is 6.54 Å². The standard InChI is InChI=1S/C32H29F3N2O2/c1-22-9-5-6-16-28(22)25-13-8-14-26(19-25)31(39)37-29(18-23-10-3-2-4-11-23)30(38)21-36-20-24-12-7-15-27(17-24)32(33,34)35/h2-17,19,29,36H,18,20-21H2,1H3,(H,37,39)/t29-/m0/s1. The number of hydrogen-bond acceptors (Lipinski definition) is 3. The number of halogens is 3. The number of Topliss-reactive ketones (excluding diaryl/α,β-unsaturated/α-hetero) is 1. The Bertz CT molecular complexity index is 1430. The number of carbonyl (C=O) groups excluding carboxylic acids is 2. The minimum atomic E-state index is -4.44. The zero-order chi connectivity index (χ0) is 27.8. The molecule has 7 heteroatoms. The Kier molecular flexibility index (Phi) is 8.94. The minimum absolute atomic E-state index is 0.0835. The lowest BCUT2D eigenvalue weighted by Crippen LogP contribution is -2.45. The zero-order valence-corrected chi connectivity index (χ0v) is 21.5. The van der Waals surface area contributed by atoms with Crippen LogP contribution in [0.25, 0.3) is 11.1 Å². The van der Waals surface area contributed by atoms with Crippen LogP contribution >= 0.6 is 0 Å². The maximum absolute atomic E-state index is 13.3. The number of amides is 1. The summed E-state index contributed by atoms with van der Waals surface area (Å²) in [6.07, 6.45) is -4.15. The van der Waals surface area contributed by atoms with E-state index < -0.39 is 17.8 Å². The van der Waals surface area contributed by atoms with Crippen molar-refractivity contribution in [1.29, 1.82) is 0 Å². The van der Waals surface area contributed by atoms with E-state index >= 15 is 0 Å². The van der Waals surface area contributed by atoms with E-state index in [4.69, 9.17) is 0 Å². The Hall–Kier alpha value is -4.23. The first-order chi connectivity index (χ1) is 18.7. The van der Waals surface area contributed by atoms with E-state index in [1.165, 1.54) is 6.07 Å². The van der Waals surface area contributed by atoms with Crippen LogP contribution in [0.5, 0.6) is 0 Å². The van der Waals surface area contributed by atoms with Crippen LogP contribution in [0, 0.1) is 6.92 Å². The van der Waals surface area contributed by atoms with Gasteiger partial charge in [0.25, 0.3) is 5.91 Å². The van der Waals surface area contributed by atoms with Crippen molar-refractivity contribution in [3.8, 4) is 11.1 Å². The number of alkyl halides is 3. The van der Waals surface area contributed by atoms with Crippen LogP contribution in [0.2, 0.25) is 0 Å². The second-order valence-corrected chi connectivity index (χ2v) is 9.38. The molecule has 0 spiro atoms. The largest absolute Gasteiger partial charge is 0.416 e. The van der Waals surface area contributed by atoms with E-state index in [1.807, 2.05) is 67.6 Å². The van der Waals surface area contributed by atoms with Crippen molar-refractivity contribution in [1.82, 2.24) is 10.6 Å². The van der Waals surface area contributed by atoms with Crippen LogP contribution in [0.4, 0.5) is 13.2 Å². The molecule has 4 nitrogen and oxygen atoms in total. The second kappa shape index (κ2) is 12.5. The number of hydrogen-bond donors (Lipinski definition) is 2. The van der Waals surface area contributed by atoms with Gasteiger partial charge in [-0.25, -0.2) is 0 Å². The van der Waals surface area contributed by atoms with Gasteiger partial charge in [0.2, 0.25) is 0 Å². The minimum Gasteiger partial charge on any atom is -0.342 e. The van der Waals surface area contributed by atoms with Gasteiger partial charge in [-0.3, -0.25) is 9.59 Å².